The maximum atomic E-state index is 6.06. The van der Waals surface area contributed by atoms with Gasteiger partial charge in [-0.2, -0.15) is 4.98 Å². The zero-order chi connectivity index (χ0) is 13.0. The van der Waals surface area contributed by atoms with E-state index in [9.17, 15) is 0 Å². The lowest BCUT2D eigenvalue weighted by molar-refractivity contribution is 0.293. The first kappa shape index (κ1) is 12.6. The molecule has 1 N–H and O–H groups in total. The highest BCUT2D eigenvalue weighted by molar-refractivity contribution is 6.31. The Kier molecular flexibility index (Phi) is 3.99. The molecule has 2 rings (SSSR count). The average molecular weight is 264 g/mol. The van der Waals surface area contributed by atoms with Crippen molar-refractivity contribution in [2.24, 2.45) is 0 Å². The van der Waals surface area contributed by atoms with Gasteiger partial charge in [0.15, 0.2) is 0 Å². The van der Waals surface area contributed by atoms with Crippen LogP contribution < -0.4 is 10.1 Å². The fourth-order valence-corrected chi connectivity index (χ4v) is 1.70. The minimum Gasteiger partial charge on any atom is -0.473 e. The second-order valence-corrected chi connectivity index (χ2v) is 4.18. The molecule has 0 bridgehead atoms. The molecule has 0 unspecified atom stereocenters. The van der Waals surface area contributed by atoms with Gasteiger partial charge in [0.25, 0.3) is 0 Å². The zero-order valence-electron chi connectivity index (χ0n) is 10.3. The number of aryl methyl sites for hydroxylation is 1. The lowest BCUT2D eigenvalue weighted by Gasteiger charge is -2.08. The van der Waals surface area contributed by atoms with Crippen molar-refractivity contribution in [3.63, 3.8) is 0 Å². The average Bonchev–Trinajstić information content (AvgIpc) is 2.37. The highest BCUT2D eigenvalue weighted by Gasteiger charge is 2.04. The van der Waals surface area contributed by atoms with Gasteiger partial charge in [-0.15, -0.1) is 0 Å². The molecule has 1 aromatic heterocycles. The quantitative estimate of drug-likeness (QED) is 0.921. The van der Waals surface area contributed by atoms with E-state index in [1.165, 1.54) is 0 Å². The smallest absolute Gasteiger partial charge is 0.219 e. The third-order valence-corrected chi connectivity index (χ3v) is 2.77. The predicted molar refractivity (Wildman–Crippen MR) is 72.1 cm³/mol. The third kappa shape index (κ3) is 3.11. The number of ether oxygens (including phenoxy) is 1. The van der Waals surface area contributed by atoms with Crippen LogP contribution in [0.1, 0.15) is 11.4 Å². The van der Waals surface area contributed by atoms with Crippen LogP contribution in [-0.4, -0.2) is 17.0 Å². The molecular formula is C13H14ClN3O. The van der Waals surface area contributed by atoms with E-state index in [-0.39, 0.29) is 0 Å². The van der Waals surface area contributed by atoms with E-state index in [2.05, 4.69) is 15.3 Å². The van der Waals surface area contributed by atoms with Crippen LogP contribution in [0.15, 0.2) is 30.3 Å². The Balaban J connectivity index is 2.11. The van der Waals surface area contributed by atoms with E-state index < -0.39 is 0 Å². The Hall–Kier alpha value is -1.81. The number of rotatable bonds is 4. The number of aromatic nitrogens is 2. The number of hydrogen-bond acceptors (Lipinski definition) is 4. The summed E-state index contributed by atoms with van der Waals surface area (Å²) in [5.74, 6) is 1.93. The Morgan fingerprint density at radius 1 is 1.28 bits per heavy atom. The molecule has 0 aliphatic carbocycles. The molecule has 0 aliphatic rings. The lowest BCUT2D eigenvalue weighted by atomic mass is 10.2. The molecule has 1 heterocycles. The lowest BCUT2D eigenvalue weighted by Crippen LogP contribution is -2.02. The largest absolute Gasteiger partial charge is 0.473 e. The van der Waals surface area contributed by atoms with E-state index in [0.717, 1.165) is 11.4 Å². The standard InChI is InChI=1S/C13H14ClN3O/c1-9-16-12(15-2)7-13(17-9)18-8-10-5-3-4-6-11(10)14/h3-7H,8H2,1-2H3,(H,15,16,17). The first-order valence-corrected chi connectivity index (χ1v) is 5.96. The molecule has 0 spiro atoms. The van der Waals surface area contributed by atoms with Gasteiger partial charge in [-0.05, 0) is 13.0 Å². The number of benzene rings is 1. The summed E-state index contributed by atoms with van der Waals surface area (Å²) in [7, 11) is 1.81. The van der Waals surface area contributed by atoms with Gasteiger partial charge in [-0.3, -0.25) is 0 Å². The number of nitrogens with zero attached hydrogens (tertiary/aromatic N) is 2. The highest BCUT2D eigenvalue weighted by Crippen LogP contribution is 2.18. The molecule has 1 aromatic carbocycles. The van der Waals surface area contributed by atoms with Crippen molar-refractivity contribution in [2.75, 3.05) is 12.4 Å². The van der Waals surface area contributed by atoms with Gasteiger partial charge in [0.1, 0.15) is 18.2 Å². The minimum absolute atomic E-state index is 0.388. The van der Waals surface area contributed by atoms with Crippen molar-refractivity contribution in [1.82, 2.24) is 9.97 Å². The van der Waals surface area contributed by atoms with Crippen LogP contribution >= 0.6 is 11.6 Å². The van der Waals surface area contributed by atoms with Crippen molar-refractivity contribution in [3.8, 4) is 5.88 Å². The van der Waals surface area contributed by atoms with Gasteiger partial charge < -0.3 is 10.1 Å². The Labute approximate surface area is 111 Å². The second-order valence-electron chi connectivity index (χ2n) is 3.77. The number of nitrogens with one attached hydrogen (secondary N) is 1. The third-order valence-electron chi connectivity index (χ3n) is 2.40. The van der Waals surface area contributed by atoms with Gasteiger partial charge in [0.2, 0.25) is 5.88 Å². The molecule has 4 nitrogen and oxygen atoms in total. The number of hydrogen-bond donors (Lipinski definition) is 1. The van der Waals surface area contributed by atoms with Crippen LogP contribution in [0, 0.1) is 6.92 Å². The molecule has 2 aromatic rings. The summed E-state index contributed by atoms with van der Waals surface area (Å²) < 4.78 is 5.62. The van der Waals surface area contributed by atoms with Gasteiger partial charge in [0.05, 0.1) is 0 Å². The summed E-state index contributed by atoms with van der Waals surface area (Å²) in [5.41, 5.74) is 0.932. The fraction of sp³-hybridized carbons (Fsp3) is 0.231. The van der Waals surface area contributed by atoms with E-state index in [1.807, 2.05) is 31.2 Å². The molecule has 0 saturated heterocycles. The molecule has 5 heteroatoms. The summed E-state index contributed by atoms with van der Waals surface area (Å²) in [6.07, 6.45) is 0. The molecule has 0 radical (unpaired) electrons. The molecule has 18 heavy (non-hydrogen) atoms. The van der Waals surface area contributed by atoms with E-state index in [0.29, 0.717) is 23.3 Å². The van der Waals surface area contributed by atoms with Crippen molar-refractivity contribution in [1.29, 1.82) is 0 Å². The van der Waals surface area contributed by atoms with Crippen molar-refractivity contribution in [2.45, 2.75) is 13.5 Å². The summed E-state index contributed by atoms with van der Waals surface area (Å²) in [5, 5.41) is 3.65. The number of anilines is 1. The molecule has 0 fully saturated rings. The second kappa shape index (κ2) is 5.69. The summed E-state index contributed by atoms with van der Waals surface area (Å²) in [4.78, 5) is 8.41. The molecule has 0 saturated carbocycles. The minimum atomic E-state index is 0.388. The van der Waals surface area contributed by atoms with Crippen LogP contribution in [0.5, 0.6) is 5.88 Å². The maximum Gasteiger partial charge on any atom is 0.219 e. The molecule has 0 amide bonds. The van der Waals surface area contributed by atoms with Gasteiger partial charge in [0, 0.05) is 23.7 Å². The van der Waals surface area contributed by atoms with Crippen molar-refractivity contribution in [3.05, 3.63) is 46.7 Å². The summed E-state index contributed by atoms with van der Waals surface area (Å²) >= 11 is 6.06. The van der Waals surface area contributed by atoms with Gasteiger partial charge in [-0.25, -0.2) is 4.98 Å². The molecule has 94 valence electrons. The van der Waals surface area contributed by atoms with Crippen molar-refractivity contribution >= 4 is 17.4 Å². The zero-order valence-corrected chi connectivity index (χ0v) is 11.0. The Bertz CT molecular complexity index is 546. The van der Waals surface area contributed by atoms with Crippen LogP contribution in [0.4, 0.5) is 5.82 Å². The van der Waals surface area contributed by atoms with Gasteiger partial charge in [-0.1, -0.05) is 29.8 Å². The monoisotopic (exact) mass is 263 g/mol. The highest BCUT2D eigenvalue weighted by atomic mass is 35.5. The SMILES string of the molecule is CNc1cc(OCc2ccccc2Cl)nc(C)n1. The molecular weight excluding hydrogens is 250 g/mol. The topological polar surface area (TPSA) is 47.0 Å². The first-order valence-electron chi connectivity index (χ1n) is 5.58. The van der Waals surface area contributed by atoms with Crippen LogP contribution in [0.2, 0.25) is 5.02 Å². The number of halogens is 1. The van der Waals surface area contributed by atoms with Crippen LogP contribution in [-0.2, 0) is 6.61 Å². The summed E-state index contributed by atoms with van der Waals surface area (Å²) in [6, 6.07) is 9.33. The predicted octanol–water partition coefficient (Wildman–Crippen LogP) is 3.06. The normalized spacial score (nSPS) is 10.2. The summed E-state index contributed by atoms with van der Waals surface area (Å²) in [6.45, 7) is 2.21. The first-order chi connectivity index (χ1) is 8.69. The Morgan fingerprint density at radius 2 is 2.06 bits per heavy atom. The van der Waals surface area contributed by atoms with Crippen LogP contribution in [0.3, 0.4) is 0 Å². The van der Waals surface area contributed by atoms with E-state index in [1.54, 1.807) is 13.1 Å². The van der Waals surface area contributed by atoms with Crippen molar-refractivity contribution < 1.29 is 4.74 Å². The van der Waals surface area contributed by atoms with Gasteiger partial charge >= 0.3 is 0 Å². The van der Waals surface area contributed by atoms with E-state index in [4.69, 9.17) is 16.3 Å². The van der Waals surface area contributed by atoms with E-state index >= 15 is 0 Å². The Morgan fingerprint density at radius 3 is 2.78 bits per heavy atom. The molecule has 0 aliphatic heterocycles. The maximum absolute atomic E-state index is 6.06. The van der Waals surface area contributed by atoms with Crippen LogP contribution in [0.25, 0.3) is 0 Å². The fourth-order valence-electron chi connectivity index (χ4n) is 1.51. The molecule has 0 atom stereocenters.